The molecule has 3 atom stereocenters. The number of likely N-dealkylation sites (tertiary alicyclic amines) is 1. The van der Waals surface area contributed by atoms with Crippen LogP contribution in [0, 0.1) is 5.92 Å². The van der Waals surface area contributed by atoms with Gasteiger partial charge in [0.2, 0.25) is 10.0 Å². The Balaban J connectivity index is 1.59. The van der Waals surface area contributed by atoms with Crippen LogP contribution < -0.4 is 0 Å². The van der Waals surface area contributed by atoms with Crippen LogP contribution in [0.1, 0.15) is 42.9 Å². The molecule has 1 saturated heterocycles. The van der Waals surface area contributed by atoms with Gasteiger partial charge in [0, 0.05) is 25.0 Å². The molecule has 1 unspecified atom stereocenters. The van der Waals surface area contributed by atoms with Gasteiger partial charge in [-0.2, -0.15) is 17.5 Å². The fourth-order valence-electron chi connectivity index (χ4n) is 6.00. The van der Waals surface area contributed by atoms with E-state index in [0.29, 0.717) is 24.8 Å². The Morgan fingerprint density at radius 3 is 2.59 bits per heavy atom. The number of rotatable bonds is 5. The molecule has 0 aromatic heterocycles. The van der Waals surface area contributed by atoms with Crippen LogP contribution in [0.25, 0.3) is 0 Å². The molecule has 9 heteroatoms. The fourth-order valence-corrected chi connectivity index (χ4v) is 7.53. The number of phenols is 1. The minimum absolute atomic E-state index is 0.0954. The van der Waals surface area contributed by atoms with Crippen molar-refractivity contribution in [3.63, 3.8) is 0 Å². The van der Waals surface area contributed by atoms with Crippen molar-refractivity contribution in [2.45, 2.75) is 61.2 Å². The van der Waals surface area contributed by atoms with Gasteiger partial charge in [0.05, 0.1) is 16.5 Å². The van der Waals surface area contributed by atoms with Gasteiger partial charge < -0.3 is 5.11 Å². The molecule has 2 aromatic rings. The first-order valence-electron chi connectivity index (χ1n) is 11.6. The fraction of sp³-hybridized carbons (Fsp3) is 0.520. The number of piperidine rings is 1. The number of hydrogen-bond donors (Lipinski definition) is 1. The number of fused-ring (bicyclic) bond motifs is 4. The topological polar surface area (TPSA) is 60.9 Å². The second kappa shape index (κ2) is 7.96. The first-order valence-corrected chi connectivity index (χ1v) is 13.1. The number of nitrogens with zero attached hydrogens (tertiary/aromatic N) is 2. The van der Waals surface area contributed by atoms with E-state index >= 15 is 0 Å². The predicted octanol–water partition coefficient (Wildman–Crippen LogP) is 4.40. The van der Waals surface area contributed by atoms with E-state index in [1.165, 1.54) is 30.3 Å². The van der Waals surface area contributed by atoms with Crippen molar-refractivity contribution in [1.29, 1.82) is 0 Å². The molecule has 34 heavy (non-hydrogen) atoms. The maximum atomic E-state index is 13.7. The van der Waals surface area contributed by atoms with Crippen LogP contribution in [-0.4, -0.2) is 55.0 Å². The number of halogens is 3. The molecule has 1 aliphatic heterocycles. The Labute approximate surface area is 198 Å². The molecule has 0 amide bonds. The van der Waals surface area contributed by atoms with Crippen LogP contribution in [-0.2, 0) is 28.0 Å². The third-order valence-electron chi connectivity index (χ3n) is 7.96. The molecule has 2 bridgehead atoms. The summed E-state index contributed by atoms with van der Waals surface area (Å²) in [5.41, 5.74) is 0.445. The van der Waals surface area contributed by atoms with Crippen molar-refractivity contribution >= 4 is 10.0 Å². The lowest BCUT2D eigenvalue weighted by molar-refractivity contribution is -0.137. The molecule has 184 valence electrons. The Morgan fingerprint density at radius 1 is 1.18 bits per heavy atom. The average molecular weight is 495 g/mol. The number of alkyl halides is 3. The normalized spacial score (nSPS) is 27.6. The standard InChI is InChI=1S/C25H29F3N2O3S/c1-24-10-11-30(15-16-6-7-16)22(12-17-8-9-19(31)14-21(17)24)23(24)29(2)34(32,33)20-5-3-4-18(13-20)25(26,27)28/h3-5,8-9,13-14,16,22-23,31H,6-7,10-12,15H2,1-2H3/t22-,23-,24?/m1/s1. The summed E-state index contributed by atoms with van der Waals surface area (Å²) in [6.45, 7) is 3.75. The van der Waals surface area contributed by atoms with Crippen LogP contribution in [0.5, 0.6) is 5.75 Å². The van der Waals surface area contributed by atoms with Crippen LogP contribution >= 0.6 is 0 Å². The molecule has 5 nitrogen and oxygen atoms in total. The van der Waals surface area contributed by atoms with Gasteiger partial charge in [-0.05, 0) is 79.6 Å². The van der Waals surface area contributed by atoms with E-state index in [4.69, 9.17) is 0 Å². The van der Waals surface area contributed by atoms with Crippen LogP contribution in [0.2, 0.25) is 0 Å². The van der Waals surface area contributed by atoms with Crippen molar-refractivity contribution < 1.29 is 26.7 Å². The zero-order valence-electron chi connectivity index (χ0n) is 19.2. The van der Waals surface area contributed by atoms with Gasteiger partial charge in [-0.25, -0.2) is 8.42 Å². The van der Waals surface area contributed by atoms with Crippen molar-refractivity contribution in [1.82, 2.24) is 9.21 Å². The van der Waals surface area contributed by atoms with E-state index in [0.717, 1.165) is 36.3 Å². The van der Waals surface area contributed by atoms with E-state index in [9.17, 15) is 26.7 Å². The molecular weight excluding hydrogens is 465 g/mol. The minimum Gasteiger partial charge on any atom is -0.508 e. The maximum absolute atomic E-state index is 13.7. The Hall–Kier alpha value is -2.10. The molecular formula is C25H29F3N2O3S. The summed E-state index contributed by atoms with van der Waals surface area (Å²) in [6.07, 6.45) is -0.957. The molecule has 1 heterocycles. The average Bonchev–Trinajstić information content (AvgIpc) is 3.60. The van der Waals surface area contributed by atoms with E-state index < -0.39 is 33.2 Å². The molecule has 2 fully saturated rings. The molecule has 2 aliphatic carbocycles. The maximum Gasteiger partial charge on any atom is 0.416 e. The summed E-state index contributed by atoms with van der Waals surface area (Å²) in [6, 6.07) is 8.68. The van der Waals surface area contributed by atoms with Crippen molar-refractivity contribution in [3.05, 3.63) is 59.2 Å². The third kappa shape index (κ3) is 3.91. The summed E-state index contributed by atoms with van der Waals surface area (Å²) in [5, 5.41) is 10.2. The van der Waals surface area contributed by atoms with Gasteiger partial charge in [0.1, 0.15) is 5.75 Å². The quantitative estimate of drug-likeness (QED) is 0.670. The monoisotopic (exact) mass is 494 g/mol. The molecule has 2 aromatic carbocycles. The number of aromatic hydroxyl groups is 1. The number of hydrogen-bond acceptors (Lipinski definition) is 4. The highest BCUT2D eigenvalue weighted by molar-refractivity contribution is 7.89. The summed E-state index contributed by atoms with van der Waals surface area (Å²) >= 11 is 0. The first-order chi connectivity index (χ1) is 15.9. The van der Waals surface area contributed by atoms with Gasteiger partial charge in [0.25, 0.3) is 0 Å². The second-order valence-electron chi connectivity index (χ2n) is 10.2. The smallest absolute Gasteiger partial charge is 0.416 e. The van der Waals surface area contributed by atoms with E-state index in [-0.39, 0.29) is 16.7 Å². The molecule has 5 rings (SSSR count). The summed E-state index contributed by atoms with van der Waals surface area (Å²) < 4.78 is 68.6. The summed E-state index contributed by atoms with van der Waals surface area (Å²) in [4.78, 5) is 2.01. The summed E-state index contributed by atoms with van der Waals surface area (Å²) in [7, 11) is -2.72. The Bertz CT molecular complexity index is 1210. The minimum atomic E-state index is -4.63. The van der Waals surface area contributed by atoms with Crippen LogP contribution in [0.4, 0.5) is 13.2 Å². The highest BCUT2D eigenvalue weighted by Crippen LogP contribution is 2.49. The lowest BCUT2D eigenvalue weighted by Gasteiger charge is -2.57. The van der Waals surface area contributed by atoms with Gasteiger partial charge >= 0.3 is 6.18 Å². The van der Waals surface area contributed by atoms with E-state index in [1.54, 1.807) is 12.1 Å². The van der Waals surface area contributed by atoms with Gasteiger partial charge in [-0.1, -0.05) is 19.1 Å². The highest BCUT2D eigenvalue weighted by atomic mass is 32.2. The predicted molar refractivity (Wildman–Crippen MR) is 122 cm³/mol. The SMILES string of the molecule is CN([C@@H]1[C@H]2Cc3ccc(O)cc3C1(C)CCN2CC1CC1)S(=O)(=O)c1cccc(C(F)(F)F)c1. The lowest BCUT2D eigenvalue weighted by Crippen LogP contribution is -2.68. The van der Waals surface area contributed by atoms with Crippen molar-refractivity contribution in [3.8, 4) is 5.75 Å². The Kier molecular flexibility index (Phi) is 5.53. The van der Waals surface area contributed by atoms with Gasteiger partial charge in [-0.15, -0.1) is 0 Å². The number of benzene rings is 2. The molecule has 1 saturated carbocycles. The highest BCUT2D eigenvalue weighted by Gasteiger charge is 2.55. The van der Waals surface area contributed by atoms with Crippen LogP contribution in [0.3, 0.4) is 0 Å². The van der Waals surface area contributed by atoms with Gasteiger partial charge in [-0.3, -0.25) is 4.90 Å². The molecule has 3 aliphatic rings. The zero-order valence-corrected chi connectivity index (χ0v) is 20.0. The molecule has 0 spiro atoms. The van der Waals surface area contributed by atoms with E-state index in [1.807, 2.05) is 13.0 Å². The zero-order chi connectivity index (χ0) is 24.5. The van der Waals surface area contributed by atoms with Gasteiger partial charge in [0.15, 0.2) is 0 Å². The van der Waals surface area contributed by atoms with Crippen molar-refractivity contribution in [2.24, 2.45) is 5.92 Å². The third-order valence-corrected chi connectivity index (χ3v) is 9.80. The Morgan fingerprint density at radius 2 is 1.91 bits per heavy atom. The molecule has 0 radical (unpaired) electrons. The first kappa shape index (κ1) is 23.6. The number of sulfonamides is 1. The second-order valence-corrected chi connectivity index (χ2v) is 12.2. The van der Waals surface area contributed by atoms with Crippen LogP contribution in [0.15, 0.2) is 47.4 Å². The largest absolute Gasteiger partial charge is 0.508 e. The lowest BCUT2D eigenvalue weighted by atomic mass is 9.61. The van der Waals surface area contributed by atoms with E-state index in [2.05, 4.69) is 4.90 Å². The summed E-state index contributed by atoms with van der Waals surface area (Å²) in [5.74, 6) is 0.748. The number of phenolic OH excluding ortho intramolecular Hbond substituents is 1. The molecule has 1 N–H and O–H groups in total. The number of likely N-dealkylation sites (N-methyl/N-ethyl adjacent to an activating group) is 1. The van der Waals surface area contributed by atoms with Crippen molar-refractivity contribution in [2.75, 3.05) is 20.1 Å².